The van der Waals surface area contributed by atoms with Gasteiger partial charge in [0.05, 0.1) is 5.52 Å². The number of fused-ring (bicyclic) bond motifs is 1. The van der Waals surface area contributed by atoms with Crippen molar-refractivity contribution in [3.05, 3.63) is 34.3 Å². The van der Waals surface area contributed by atoms with Gasteiger partial charge in [-0.1, -0.05) is 0 Å². The van der Waals surface area contributed by atoms with Gasteiger partial charge in [0.2, 0.25) is 0 Å². The van der Waals surface area contributed by atoms with E-state index in [1.165, 1.54) is 18.2 Å². The van der Waals surface area contributed by atoms with E-state index in [9.17, 15) is 13.6 Å². The second-order valence-corrected chi connectivity index (χ2v) is 4.12. The van der Waals surface area contributed by atoms with Crippen molar-refractivity contribution in [2.24, 2.45) is 5.92 Å². The first-order valence-electron chi connectivity index (χ1n) is 5.08. The largest absolute Gasteiger partial charge is 0.417 e. The maximum atomic E-state index is 13.8. The van der Waals surface area contributed by atoms with Crippen LogP contribution in [0, 0.1) is 5.92 Å². The van der Waals surface area contributed by atoms with E-state index in [2.05, 4.69) is 4.98 Å². The lowest BCUT2D eigenvalue weighted by atomic mass is 10.0. The Hall–Kier alpha value is -1.65. The van der Waals surface area contributed by atoms with Gasteiger partial charge in [-0.25, -0.2) is 13.6 Å². The van der Waals surface area contributed by atoms with Crippen molar-refractivity contribution >= 4 is 11.1 Å². The van der Waals surface area contributed by atoms with E-state index in [-0.39, 0.29) is 5.56 Å². The van der Waals surface area contributed by atoms with Crippen LogP contribution in [0.1, 0.15) is 18.4 Å². The minimum absolute atomic E-state index is 0.0560. The molecule has 3 rings (SSSR count). The van der Waals surface area contributed by atoms with Gasteiger partial charge in [0, 0.05) is 11.5 Å². The topological polar surface area (TPSA) is 46.0 Å². The number of halogens is 2. The molecule has 0 spiro atoms. The number of aromatic nitrogens is 1. The summed E-state index contributed by atoms with van der Waals surface area (Å²) in [6.07, 6.45) is 1.12. The van der Waals surface area contributed by atoms with Crippen molar-refractivity contribution < 1.29 is 13.2 Å². The highest BCUT2D eigenvalue weighted by molar-refractivity contribution is 5.73. The number of benzene rings is 1. The number of oxazole rings is 1. The number of hydrogen-bond donors (Lipinski definition) is 1. The van der Waals surface area contributed by atoms with E-state index in [4.69, 9.17) is 4.42 Å². The van der Waals surface area contributed by atoms with Crippen molar-refractivity contribution in [2.45, 2.75) is 18.8 Å². The fourth-order valence-electron chi connectivity index (χ4n) is 1.84. The molecule has 1 aliphatic carbocycles. The molecule has 0 atom stereocenters. The van der Waals surface area contributed by atoms with E-state index in [1.54, 1.807) is 0 Å². The molecule has 1 saturated carbocycles. The normalized spacial score (nSPS) is 16.9. The number of rotatable bonds is 2. The van der Waals surface area contributed by atoms with Crippen LogP contribution in [-0.4, -0.2) is 4.98 Å². The van der Waals surface area contributed by atoms with Crippen molar-refractivity contribution in [3.63, 3.8) is 0 Å². The summed E-state index contributed by atoms with van der Waals surface area (Å²) in [5.41, 5.74) is 0.572. The predicted octanol–water partition coefficient (Wildman–Crippen LogP) is 2.62. The Labute approximate surface area is 89.1 Å². The fraction of sp³-hybridized carbons (Fsp3) is 0.364. The number of nitrogens with one attached hydrogen (secondary N) is 1. The molecule has 0 amide bonds. The highest BCUT2D eigenvalue weighted by Crippen LogP contribution is 2.49. The van der Waals surface area contributed by atoms with Crippen molar-refractivity contribution in [2.75, 3.05) is 0 Å². The number of hydrogen-bond acceptors (Lipinski definition) is 2. The lowest BCUT2D eigenvalue weighted by molar-refractivity contribution is -0.0284. The summed E-state index contributed by atoms with van der Waals surface area (Å²) in [6, 6.07) is 4.01. The average Bonchev–Trinajstić information content (AvgIpc) is 3.00. The summed E-state index contributed by atoms with van der Waals surface area (Å²) in [4.78, 5) is 13.3. The van der Waals surface area contributed by atoms with Gasteiger partial charge in [0.1, 0.15) is 0 Å². The first kappa shape index (κ1) is 9.57. The lowest BCUT2D eigenvalue weighted by Crippen LogP contribution is -2.15. The molecule has 0 unspecified atom stereocenters. The number of aromatic amines is 1. The minimum Gasteiger partial charge on any atom is -0.408 e. The van der Waals surface area contributed by atoms with Crippen LogP contribution in [0.5, 0.6) is 0 Å². The zero-order valence-electron chi connectivity index (χ0n) is 8.30. The van der Waals surface area contributed by atoms with Gasteiger partial charge in [-0.3, -0.25) is 4.98 Å². The molecule has 1 aliphatic rings. The maximum Gasteiger partial charge on any atom is 0.417 e. The lowest BCUT2D eigenvalue weighted by Gasteiger charge is -2.15. The molecule has 16 heavy (non-hydrogen) atoms. The zero-order valence-corrected chi connectivity index (χ0v) is 8.30. The van der Waals surface area contributed by atoms with E-state index in [1.807, 2.05) is 0 Å². The van der Waals surface area contributed by atoms with Crippen molar-refractivity contribution in [1.29, 1.82) is 0 Å². The Balaban J connectivity index is 2.13. The molecule has 0 bridgehead atoms. The van der Waals surface area contributed by atoms with Gasteiger partial charge in [-0.05, 0) is 31.0 Å². The van der Waals surface area contributed by atoms with E-state index < -0.39 is 17.6 Å². The van der Waals surface area contributed by atoms with Crippen LogP contribution in [0.15, 0.2) is 27.4 Å². The Morgan fingerprint density at radius 2 is 2.12 bits per heavy atom. The Kier molecular flexibility index (Phi) is 1.75. The van der Waals surface area contributed by atoms with Crippen LogP contribution >= 0.6 is 0 Å². The Morgan fingerprint density at radius 1 is 1.38 bits per heavy atom. The van der Waals surface area contributed by atoms with Crippen LogP contribution in [0.2, 0.25) is 0 Å². The second kappa shape index (κ2) is 2.93. The van der Waals surface area contributed by atoms with Gasteiger partial charge in [-0.2, -0.15) is 0 Å². The minimum atomic E-state index is -2.80. The van der Waals surface area contributed by atoms with Crippen molar-refractivity contribution in [1.82, 2.24) is 4.98 Å². The molecule has 1 N–H and O–H groups in total. The summed E-state index contributed by atoms with van der Waals surface area (Å²) in [5.74, 6) is -3.98. The molecule has 3 nitrogen and oxygen atoms in total. The standard InChI is InChI=1S/C11H9F2NO2/c12-11(13,6-1-2-6)7-3-4-9-8(5-7)14-10(15)16-9/h3-6H,1-2H2,(H,14,15). The molecule has 0 aliphatic heterocycles. The second-order valence-electron chi connectivity index (χ2n) is 4.12. The van der Waals surface area contributed by atoms with Crippen LogP contribution in [0.3, 0.4) is 0 Å². The predicted molar refractivity (Wildman–Crippen MR) is 53.5 cm³/mol. The monoisotopic (exact) mass is 225 g/mol. The van der Waals surface area contributed by atoms with Gasteiger partial charge in [-0.15, -0.1) is 0 Å². The molecule has 1 fully saturated rings. The quantitative estimate of drug-likeness (QED) is 0.853. The van der Waals surface area contributed by atoms with Crippen LogP contribution in [0.25, 0.3) is 11.1 Å². The van der Waals surface area contributed by atoms with Gasteiger partial charge >= 0.3 is 5.76 Å². The first-order chi connectivity index (χ1) is 7.57. The molecule has 0 saturated heterocycles. The van der Waals surface area contributed by atoms with E-state index >= 15 is 0 Å². The fourth-order valence-corrected chi connectivity index (χ4v) is 1.84. The molecule has 1 aromatic carbocycles. The molecule has 1 aromatic heterocycles. The molecular weight excluding hydrogens is 216 g/mol. The molecule has 2 aromatic rings. The number of alkyl halides is 2. The summed E-state index contributed by atoms with van der Waals surface area (Å²) >= 11 is 0. The molecule has 1 heterocycles. The Bertz CT molecular complexity index is 595. The number of H-pyrrole nitrogens is 1. The Morgan fingerprint density at radius 3 is 2.81 bits per heavy atom. The van der Waals surface area contributed by atoms with Crippen molar-refractivity contribution in [3.8, 4) is 0 Å². The average molecular weight is 225 g/mol. The van der Waals surface area contributed by atoms with E-state index in [0.717, 1.165) is 0 Å². The summed E-state index contributed by atoms with van der Waals surface area (Å²) in [6.45, 7) is 0. The summed E-state index contributed by atoms with van der Waals surface area (Å²) in [5, 5.41) is 0. The maximum absolute atomic E-state index is 13.8. The molecular formula is C11H9F2NO2. The van der Waals surface area contributed by atoms with Crippen LogP contribution in [0.4, 0.5) is 8.78 Å². The highest BCUT2D eigenvalue weighted by Gasteiger charge is 2.47. The zero-order chi connectivity index (χ0) is 11.3. The molecule has 84 valence electrons. The molecule has 5 heteroatoms. The van der Waals surface area contributed by atoms with Gasteiger partial charge in [0.15, 0.2) is 5.58 Å². The van der Waals surface area contributed by atoms with Gasteiger partial charge in [0.25, 0.3) is 5.92 Å². The third-order valence-electron chi connectivity index (χ3n) is 2.89. The SMILES string of the molecule is O=c1[nH]c2cc(C(F)(F)C3CC3)ccc2o1. The highest BCUT2D eigenvalue weighted by atomic mass is 19.3. The third kappa shape index (κ3) is 1.35. The summed E-state index contributed by atoms with van der Waals surface area (Å²) in [7, 11) is 0. The van der Waals surface area contributed by atoms with Crippen LogP contribution < -0.4 is 5.76 Å². The smallest absolute Gasteiger partial charge is 0.408 e. The van der Waals surface area contributed by atoms with Crippen LogP contribution in [-0.2, 0) is 5.92 Å². The summed E-state index contributed by atoms with van der Waals surface area (Å²) < 4.78 is 32.3. The van der Waals surface area contributed by atoms with Gasteiger partial charge < -0.3 is 4.42 Å². The first-order valence-corrected chi connectivity index (χ1v) is 5.08. The van der Waals surface area contributed by atoms with E-state index in [0.29, 0.717) is 23.9 Å². The molecule has 0 radical (unpaired) electrons. The third-order valence-corrected chi connectivity index (χ3v) is 2.89.